The smallest absolute Gasteiger partial charge is 0.306 e. The van der Waals surface area contributed by atoms with Gasteiger partial charge in [-0.25, -0.2) is 0 Å². The lowest BCUT2D eigenvalue weighted by atomic mass is 9.85. The highest BCUT2D eigenvalue weighted by Gasteiger charge is 2.27. The summed E-state index contributed by atoms with van der Waals surface area (Å²) in [6, 6.07) is 8.48. The third kappa shape index (κ3) is 4.22. The Bertz CT molecular complexity index is 464. The summed E-state index contributed by atoms with van der Waals surface area (Å²) in [5.74, 6) is -0.843. The molecule has 0 saturated heterocycles. The predicted molar refractivity (Wildman–Crippen MR) is 81.1 cm³/mol. The molecule has 2 rings (SSSR count). The third-order valence-electron chi connectivity index (χ3n) is 4.03. The summed E-state index contributed by atoms with van der Waals surface area (Å²) in [6.07, 6.45) is 4.48. The molecule has 20 heavy (non-hydrogen) atoms. The molecule has 1 saturated carbocycles. The molecule has 1 fully saturated rings. The second kappa shape index (κ2) is 7.09. The van der Waals surface area contributed by atoms with E-state index in [1.165, 1.54) is 0 Å². The second-order valence-electron chi connectivity index (χ2n) is 5.76. The van der Waals surface area contributed by atoms with Gasteiger partial charge in [0.1, 0.15) is 0 Å². The molecule has 1 aliphatic rings. The normalized spacial score (nSPS) is 24.3. The van der Waals surface area contributed by atoms with Crippen molar-refractivity contribution in [2.45, 2.75) is 51.1 Å². The van der Waals surface area contributed by atoms with Crippen molar-refractivity contribution in [3.63, 3.8) is 0 Å². The molecule has 1 aromatic rings. The number of carboxylic acid groups (broad SMARTS) is 1. The molecule has 110 valence electrons. The van der Waals surface area contributed by atoms with E-state index in [9.17, 15) is 4.79 Å². The maximum absolute atomic E-state index is 11.1. The number of hydrogen-bond acceptors (Lipinski definition) is 2. The van der Waals surface area contributed by atoms with Gasteiger partial charge in [-0.2, -0.15) is 0 Å². The summed E-state index contributed by atoms with van der Waals surface area (Å²) in [7, 11) is 0. The van der Waals surface area contributed by atoms with Crippen LogP contribution in [-0.4, -0.2) is 23.2 Å². The lowest BCUT2D eigenvalue weighted by Gasteiger charge is -2.30. The Hall–Kier alpha value is -1.06. The van der Waals surface area contributed by atoms with Crippen LogP contribution in [0.5, 0.6) is 0 Å². The molecule has 4 heteroatoms. The van der Waals surface area contributed by atoms with E-state index in [4.69, 9.17) is 16.7 Å². The van der Waals surface area contributed by atoms with Crippen LogP contribution in [0, 0.1) is 5.92 Å². The highest BCUT2D eigenvalue weighted by atomic mass is 35.5. The molecule has 0 aromatic heterocycles. The number of aliphatic carboxylic acids is 1. The molecular weight excluding hydrogens is 274 g/mol. The first-order chi connectivity index (χ1) is 9.56. The second-order valence-corrected chi connectivity index (χ2v) is 6.17. The monoisotopic (exact) mass is 295 g/mol. The molecule has 3 unspecified atom stereocenters. The Morgan fingerprint density at radius 2 is 2.20 bits per heavy atom. The van der Waals surface area contributed by atoms with E-state index in [1.54, 1.807) is 0 Å². The van der Waals surface area contributed by atoms with Crippen LogP contribution in [0.25, 0.3) is 0 Å². The molecule has 2 N–H and O–H groups in total. The Kier molecular flexibility index (Phi) is 5.44. The fourth-order valence-electron chi connectivity index (χ4n) is 3.02. The maximum atomic E-state index is 11.1. The summed E-state index contributed by atoms with van der Waals surface area (Å²) in [5, 5.41) is 13.5. The highest BCUT2D eigenvalue weighted by molar-refractivity contribution is 6.31. The molecular formula is C16H22ClNO2. The van der Waals surface area contributed by atoms with Gasteiger partial charge in [0.25, 0.3) is 0 Å². The van der Waals surface area contributed by atoms with E-state index in [0.29, 0.717) is 12.1 Å². The van der Waals surface area contributed by atoms with Crippen LogP contribution in [0.15, 0.2) is 24.3 Å². The van der Waals surface area contributed by atoms with Crippen molar-refractivity contribution >= 4 is 17.6 Å². The quantitative estimate of drug-likeness (QED) is 0.874. The number of benzene rings is 1. The van der Waals surface area contributed by atoms with Crippen molar-refractivity contribution < 1.29 is 9.90 Å². The minimum absolute atomic E-state index is 0.186. The average molecular weight is 296 g/mol. The lowest BCUT2D eigenvalue weighted by molar-refractivity contribution is -0.143. The van der Waals surface area contributed by atoms with Gasteiger partial charge in [-0.3, -0.25) is 4.79 Å². The fourth-order valence-corrected chi connectivity index (χ4v) is 3.23. The highest BCUT2D eigenvalue weighted by Crippen LogP contribution is 2.25. The van der Waals surface area contributed by atoms with E-state index < -0.39 is 5.97 Å². The largest absolute Gasteiger partial charge is 0.481 e. The molecule has 0 radical (unpaired) electrons. The molecule has 3 atom stereocenters. The van der Waals surface area contributed by atoms with Gasteiger partial charge in [0.2, 0.25) is 0 Å². The van der Waals surface area contributed by atoms with Crippen LogP contribution in [0.2, 0.25) is 5.02 Å². The van der Waals surface area contributed by atoms with Crippen LogP contribution in [-0.2, 0) is 11.2 Å². The Morgan fingerprint density at radius 3 is 2.90 bits per heavy atom. The van der Waals surface area contributed by atoms with Crippen LogP contribution in [0.1, 0.15) is 38.2 Å². The SMILES string of the molecule is CC(Cc1ccccc1Cl)NC1CCCC(C(=O)O)C1. The van der Waals surface area contributed by atoms with Crippen LogP contribution in [0.3, 0.4) is 0 Å². The zero-order chi connectivity index (χ0) is 14.5. The molecule has 1 aliphatic carbocycles. The molecule has 1 aromatic carbocycles. The molecule has 0 amide bonds. The molecule has 0 aliphatic heterocycles. The van der Waals surface area contributed by atoms with Crippen molar-refractivity contribution in [2.75, 3.05) is 0 Å². The average Bonchev–Trinajstić information content (AvgIpc) is 2.41. The zero-order valence-corrected chi connectivity index (χ0v) is 12.6. The fraction of sp³-hybridized carbons (Fsp3) is 0.562. The summed E-state index contributed by atoms with van der Waals surface area (Å²) >= 11 is 6.17. The minimum Gasteiger partial charge on any atom is -0.481 e. The van der Waals surface area contributed by atoms with Crippen molar-refractivity contribution in [2.24, 2.45) is 5.92 Å². The van der Waals surface area contributed by atoms with E-state index in [0.717, 1.165) is 42.7 Å². The predicted octanol–water partition coefficient (Wildman–Crippen LogP) is 3.50. The van der Waals surface area contributed by atoms with Crippen LogP contribution in [0.4, 0.5) is 0 Å². The van der Waals surface area contributed by atoms with E-state index in [1.807, 2.05) is 24.3 Å². The van der Waals surface area contributed by atoms with Gasteiger partial charge in [0, 0.05) is 17.1 Å². The van der Waals surface area contributed by atoms with E-state index in [-0.39, 0.29) is 5.92 Å². The molecule has 3 nitrogen and oxygen atoms in total. The van der Waals surface area contributed by atoms with Gasteiger partial charge in [-0.1, -0.05) is 36.2 Å². The standard InChI is InChI=1S/C16H22ClNO2/c1-11(9-12-5-2-3-8-15(12)17)18-14-7-4-6-13(10-14)16(19)20/h2-3,5,8,11,13-14,18H,4,6-7,9-10H2,1H3,(H,19,20). The molecule has 0 bridgehead atoms. The van der Waals surface area contributed by atoms with Crippen molar-refractivity contribution in [3.05, 3.63) is 34.9 Å². The number of halogens is 1. The minimum atomic E-state index is -0.657. The van der Waals surface area contributed by atoms with Crippen LogP contribution < -0.4 is 5.32 Å². The van der Waals surface area contributed by atoms with Gasteiger partial charge < -0.3 is 10.4 Å². The number of carboxylic acids is 1. The first-order valence-electron chi connectivity index (χ1n) is 7.28. The van der Waals surface area contributed by atoms with E-state index in [2.05, 4.69) is 12.2 Å². The van der Waals surface area contributed by atoms with Gasteiger partial charge in [-0.15, -0.1) is 0 Å². The maximum Gasteiger partial charge on any atom is 0.306 e. The third-order valence-corrected chi connectivity index (χ3v) is 4.40. The molecule has 0 spiro atoms. The first-order valence-corrected chi connectivity index (χ1v) is 7.66. The van der Waals surface area contributed by atoms with E-state index >= 15 is 0 Å². The Morgan fingerprint density at radius 1 is 1.45 bits per heavy atom. The van der Waals surface area contributed by atoms with Crippen molar-refractivity contribution in [1.29, 1.82) is 0 Å². The Balaban J connectivity index is 1.86. The van der Waals surface area contributed by atoms with Crippen molar-refractivity contribution in [3.8, 4) is 0 Å². The van der Waals surface area contributed by atoms with Crippen LogP contribution >= 0.6 is 11.6 Å². The zero-order valence-electron chi connectivity index (χ0n) is 11.8. The Labute approximate surface area is 125 Å². The van der Waals surface area contributed by atoms with Crippen molar-refractivity contribution in [1.82, 2.24) is 5.32 Å². The summed E-state index contributed by atoms with van der Waals surface area (Å²) in [5.41, 5.74) is 1.14. The van der Waals surface area contributed by atoms with Gasteiger partial charge in [0.05, 0.1) is 5.92 Å². The number of carbonyl (C=O) groups is 1. The first kappa shape index (κ1) is 15.3. The number of nitrogens with one attached hydrogen (secondary N) is 1. The van der Waals surface area contributed by atoms with Gasteiger partial charge >= 0.3 is 5.97 Å². The summed E-state index contributed by atoms with van der Waals surface area (Å²) in [4.78, 5) is 11.1. The van der Waals surface area contributed by atoms with Gasteiger partial charge in [0.15, 0.2) is 0 Å². The number of rotatable bonds is 5. The van der Waals surface area contributed by atoms with Gasteiger partial charge in [-0.05, 0) is 44.2 Å². The number of hydrogen-bond donors (Lipinski definition) is 2. The molecule has 0 heterocycles. The summed E-state index contributed by atoms with van der Waals surface area (Å²) < 4.78 is 0. The lowest BCUT2D eigenvalue weighted by Crippen LogP contribution is -2.42. The summed E-state index contributed by atoms with van der Waals surface area (Å²) in [6.45, 7) is 2.13. The topological polar surface area (TPSA) is 49.3 Å².